The van der Waals surface area contributed by atoms with Crippen LogP contribution in [0.25, 0.3) is 22.3 Å². The van der Waals surface area contributed by atoms with E-state index in [-0.39, 0.29) is 57.8 Å². The van der Waals surface area contributed by atoms with E-state index in [4.69, 9.17) is 30.2 Å². The largest absolute Gasteiger partial charge is 0.487 e. The third kappa shape index (κ3) is 7.59. The number of rotatable bonds is 9. The van der Waals surface area contributed by atoms with E-state index in [9.17, 15) is 18.0 Å². The van der Waals surface area contributed by atoms with Gasteiger partial charge >= 0.3 is 6.09 Å². The van der Waals surface area contributed by atoms with Crippen molar-refractivity contribution in [1.82, 2.24) is 0 Å². The van der Waals surface area contributed by atoms with Gasteiger partial charge in [0, 0.05) is 24.8 Å². The van der Waals surface area contributed by atoms with Gasteiger partial charge < -0.3 is 18.6 Å². The molecule has 1 aliphatic heterocycles. The Morgan fingerprint density at radius 3 is 2.14 bits per heavy atom. The third-order valence-electron chi connectivity index (χ3n) is 8.00. The van der Waals surface area contributed by atoms with Gasteiger partial charge in [0.05, 0.1) is 21.8 Å². The van der Waals surface area contributed by atoms with Crippen LogP contribution in [-0.4, -0.2) is 39.5 Å². The SMILES string of the molecule is CN(C(=O)OC(C)(C)C)c1cc(N2CCCS2(=O)=O)c2oc(-c3ccc(OCc4ccccc4)c(Cl)c3)c(OCc3ccccc3)c(=O)c2c1. The minimum atomic E-state index is -3.74. The zero-order valence-electron chi connectivity index (χ0n) is 28.1. The second kappa shape index (κ2) is 14.1. The van der Waals surface area contributed by atoms with Gasteiger partial charge in [-0.25, -0.2) is 13.2 Å². The maximum Gasteiger partial charge on any atom is 0.414 e. The van der Waals surface area contributed by atoms with E-state index in [0.717, 1.165) is 11.1 Å². The van der Waals surface area contributed by atoms with Gasteiger partial charge in [-0.2, -0.15) is 0 Å². The normalized spacial score (nSPS) is 14.1. The third-order valence-corrected chi connectivity index (χ3v) is 10.1. The molecule has 0 aliphatic carbocycles. The molecule has 0 spiro atoms. The molecule has 1 amide bonds. The smallest absolute Gasteiger partial charge is 0.414 e. The topological polar surface area (TPSA) is 116 Å². The average Bonchev–Trinajstić information content (AvgIpc) is 3.45. The van der Waals surface area contributed by atoms with Gasteiger partial charge in [0.1, 0.15) is 24.6 Å². The van der Waals surface area contributed by atoms with Crippen molar-refractivity contribution in [2.75, 3.05) is 28.6 Å². The van der Waals surface area contributed by atoms with Crippen molar-refractivity contribution in [3.63, 3.8) is 0 Å². The number of hydrogen-bond donors (Lipinski definition) is 0. The Labute approximate surface area is 295 Å². The van der Waals surface area contributed by atoms with Gasteiger partial charge in [-0.05, 0) is 68.7 Å². The van der Waals surface area contributed by atoms with E-state index in [1.165, 1.54) is 28.4 Å². The number of anilines is 2. The van der Waals surface area contributed by atoms with Gasteiger partial charge in [0.25, 0.3) is 0 Å². The lowest BCUT2D eigenvalue weighted by molar-refractivity contribution is 0.0589. The van der Waals surface area contributed by atoms with Gasteiger partial charge in [-0.15, -0.1) is 0 Å². The van der Waals surface area contributed by atoms with Crippen molar-refractivity contribution in [3.8, 4) is 22.8 Å². The molecule has 50 heavy (non-hydrogen) atoms. The fourth-order valence-corrected chi connectivity index (χ4v) is 7.31. The molecule has 1 aromatic heterocycles. The Bertz CT molecular complexity index is 2200. The Morgan fingerprint density at radius 1 is 0.920 bits per heavy atom. The number of amides is 1. The van der Waals surface area contributed by atoms with Crippen molar-refractivity contribution in [2.24, 2.45) is 0 Å². The first-order valence-corrected chi connectivity index (χ1v) is 18.0. The van der Waals surface area contributed by atoms with Crippen LogP contribution >= 0.6 is 11.6 Å². The van der Waals surface area contributed by atoms with E-state index >= 15 is 0 Å². The molecule has 10 nitrogen and oxygen atoms in total. The summed E-state index contributed by atoms with van der Waals surface area (Å²) in [5, 5.41) is 0.294. The van der Waals surface area contributed by atoms with Crippen LogP contribution in [0.4, 0.5) is 16.2 Å². The van der Waals surface area contributed by atoms with Crippen LogP contribution in [0.1, 0.15) is 38.3 Å². The lowest BCUT2D eigenvalue weighted by atomic mass is 10.1. The van der Waals surface area contributed by atoms with Crippen molar-refractivity contribution in [3.05, 3.63) is 117 Å². The highest BCUT2D eigenvalue weighted by Gasteiger charge is 2.33. The van der Waals surface area contributed by atoms with Crippen LogP contribution in [0.3, 0.4) is 0 Å². The summed E-state index contributed by atoms with van der Waals surface area (Å²) < 4.78 is 52.0. The molecule has 0 radical (unpaired) electrons. The molecular weight excluding hydrogens is 680 g/mol. The van der Waals surface area contributed by atoms with Crippen molar-refractivity contribution in [1.29, 1.82) is 0 Å². The van der Waals surface area contributed by atoms with Crippen LogP contribution in [0.15, 0.2) is 100 Å². The summed E-state index contributed by atoms with van der Waals surface area (Å²) in [6.07, 6.45) is -0.302. The lowest BCUT2D eigenvalue weighted by Crippen LogP contribution is -2.34. The molecular formula is C38H37ClN2O8S. The minimum Gasteiger partial charge on any atom is -0.487 e. The lowest BCUT2D eigenvalue weighted by Gasteiger charge is -2.26. The van der Waals surface area contributed by atoms with E-state index in [0.29, 0.717) is 24.3 Å². The number of halogens is 1. The Balaban J connectivity index is 1.51. The molecule has 12 heteroatoms. The number of ether oxygens (including phenoxy) is 3. The zero-order valence-corrected chi connectivity index (χ0v) is 29.7. The molecule has 1 fully saturated rings. The number of carbonyl (C=O) groups excluding carboxylic acids is 1. The van der Waals surface area contributed by atoms with Crippen molar-refractivity contribution < 1.29 is 31.8 Å². The van der Waals surface area contributed by atoms with Crippen LogP contribution in [0.5, 0.6) is 11.5 Å². The molecule has 0 unspecified atom stereocenters. The highest BCUT2D eigenvalue weighted by molar-refractivity contribution is 7.93. The second-order valence-electron chi connectivity index (χ2n) is 12.9. The zero-order chi connectivity index (χ0) is 35.6. The average molecular weight is 717 g/mol. The van der Waals surface area contributed by atoms with Crippen LogP contribution in [0.2, 0.25) is 5.02 Å². The fraction of sp³-hybridized carbons (Fsp3) is 0.263. The number of nitrogens with zero attached hydrogens (tertiary/aromatic N) is 2. The monoisotopic (exact) mass is 716 g/mol. The number of sulfonamides is 1. The van der Waals surface area contributed by atoms with Gasteiger partial charge in [-0.1, -0.05) is 72.3 Å². The Morgan fingerprint density at radius 2 is 1.56 bits per heavy atom. The fourth-order valence-electron chi connectivity index (χ4n) is 5.52. The first-order valence-electron chi connectivity index (χ1n) is 16.1. The molecule has 1 saturated heterocycles. The molecule has 2 heterocycles. The summed E-state index contributed by atoms with van der Waals surface area (Å²) in [4.78, 5) is 28.9. The van der Waals surface area contributed by atoms with E-state index < -0.39 is 27.1 Å². The van der Waals surface area contributed by atoms with Gasteiger partial charge in [0.15, 0.2) is 11.3 Å². The highest BCUT2D eigenvalue weighted by Crippen LogP contribution is 2.41. The standard InChI is InChI=1S/C38H37ClN2O8S/c1-38(2,3)49-37(43)40(4)28-21-29-33(42)36(47-24-26-14-9-6-10-15-26)34(48-35(29)31(22-28)41-18-11-19-50(41,44)45)27-16-17-32(30(39)20-27)46-23-25-12-7-5-8-13-25/h5-10,12-17,20-22H,11,18-19,23-24H2,1-4H3. The molecule has 0 atom stereocenters. The molecule has 1 aliphatic rings. The number of hydrogen-bond acceptors (Lipinski definition) is 8. The quantitative estimate of drug-likeness (QED) is 0.150. The summed E-state index contributed by atoms with van der Waals surface area (Å²) in [5.41, 5.74) is 1.20. The molecule has 260 valence electrons. The van der Waals surface area contributed by atoms with Crippen LogP contribution in [-0.2, 0) is 28.0 Å². The highest BCUT2D eigenvalue weighted by atomic mass is 35.5. The van der Waals surface area contributed by atoms with Crippen LogP contribution < -0.4 is 24.1 Å². The van der Waals surface area contributed by atoms with Crippen molar-refractivity contribution >= 4 is 50.1 Å². The molecule has 0 bridgehead atoms. The molecule has 6 rings (SSSR count). The summed E-state index contributed by atoms with van der Waals surface area (Å²) in [5.74, 6) is 0.298. The minimum absolute atomic E-state index is 0.0180. The summed E-state index contributed by atoms with van der Waals surface area (Å²) in [7, 11) is -2.25. The maximum atomic E-state index is 14.5. The van der Waals surface area contributed by atoms with E-state index in [1.807, 2.05) is 60.7 Å². The second-order valence-corrected chi connectivity index (χ2v) is 15.3. The summed E-state index contributed by atoms with van der Waals surface area (Å²) in [6.45, 7) is 5.72. The summed E-state index contributed by atoms with van der Waals surface area (Å²) >= 11 is 6.71. The predicted octanol–water partition coefficient (Wildman–Crippen LogP) is 8.18. The Hall–Kier alpha value is -5.00. The molecule has 0 N–H and O–H groups in total. The number of benzene rings is 4. The molecule has 5 aromatic rings. The summed E-state index contributed by atoms with van der Waals surface area (Å²) in [6, 6.07) is 26.9. The van der Waals surface area contributed by atoms with Gasteiger partial charge in [0.2, 0.25) is 21.2 Å². The number of fused-ring (bicyclic) bond motifs is 1. The van der Waals surface area contributed by atoms with Gasteiger partial charge in [-0.3, -0.25) is 14.0 Å². The van der Waals surface area contributed by atoms with E-state index in [2.05, 4.69) is 0 Å². The Kier molecular flexibility index (Phi) is 9.82. The molecule has 0 saturated carbocycles. The first kappa shape index (κ1) is 34.8. The molecule has 4 aromatic carbocycles. The predicted molar refractivity (Wildman–Crippen MR) is 195 cm³/mol. The number of carbonyl (C=O) groups is 1. The first-order chi connectivity index (χ1) is 23.8. The maximum absolute atomic E-state index is 14.5. The van der Waals surface area contributed by atoms with Crippen molar-refractivity contribution in [2.45, 2.75) is 46.0 Å². The van der Waals surface area contributed by atoms with Crippen LogP contribution in [0, 0.1) is 0 Å². The van der Waals surface area contributed by atoms with E-state index in [1.54, 1.807) is 39.0 Å².